The summed E-state index contributed by atoms with van der Waals surface area (Å²) in [5.74, 6) is 1.55. The van der Waals surface area contributed by atoms with Crippen molar-refractivity contribution in [2.24, 2.45) is 0 Å². The summed E-state index contributed by atoms with van der Waals surface area (Å²) in [6.07, 6.45) is 6.63. The first-order chi connectivity index (χ1) is 13.4. The fraction of sp³-hybridized carbons (Fsp3) is 0.520. The molecule has 2 fully saturated rings. The van der Waals surface area contributed by atoms with E-state index in [4.69, 9.17) is 0 Å². The molecule has 2 heterocycles. The normalized spacial score (nSPS) is 20.0. The van der Waals surface area contributed by atoms with E-state index in [-0.39, 0.29) is 12.4 Å². The molecule has 0 aliphatic carbocycles. The Morgan fingerprint density at radius 1 is 0.571 bits per heavy atom. The van der Waals surface area contributed by atoms with Crippen molar-refractivity contribution in [3.05, 3.63) is 71.8 Å². The van der Waals surface area contributed by atoms with E-state index in [1.54, 1.807) is 11.1 Å². The van der Waals surface area contributed by atoms with E-state index in [0.717, 1.165) is 11.8 Å². The highest BCUT2D eigenvalue weighted by Gasteiger charge is 2.22. The smallest absolute Gasteiger partial charge is 0.000654 e. The van der Waals surface area contributed by atoms with Crippen molar-refractivity contribution in [3.63, 3.8) is 0 Å². The number of halogens is 1. The van der Waals surface area contributed by atoms with Crippen LogP contribution in [-0.2, 0) is 0 Å². The van der Waals surface area contributed by atoms with Gasteiger partial charge in [-0.2, -0.15) is 0 Å². The SMILES string of the molecule is Cl.c1ccc(C2CCN(CCCN3CCC(c4ccccc4)CC3)CC2)cc1. The van der Waals surface area contributed by atoms with Crippen molar-refractivity contribution < 1.29 is 0 Å². The number of hydrogen-bond donors (Lipinski definition) is 0. The molecule has 0 spiro atoms. The molecule has 0 N–H and O–H groups in total. The van der Waals surface area contributed by atoms with Crippen LogP contribution in [0.2, 0.25) is 0 Å². The molecule has 2 aromatic rings. The van der Waals surface area contributed by atoms with Gasteiger partial charge in [-0.05, 0) is 94.3 Å². The molecule has 3 heteroatoms. The summed E-state index contributed by atoms with van der Waals surface area (Å²) in [6, 6.07) is 22.2. The second kappa shape index (κ2) is 11.0. The van der Waals surface area contributed by atoms with Crippen molar-refractivity contribution in [2.75, 3.05) is 39.3 Å². The zero-order valence-electron chi connectivity index (χ0n) is 17.0. The number of nitrogens with zero attached hydrogens (tertiary/aromatic N) is 2. The van der Waals surface area contributed by atoms with Gasteiger partial charge in [-0.1, -0.05) is 60.7 Å². The minimum Gasteiger partial charge on any atom is -0.303 e. The molecular weight excluding hydrogens is 364 g/mol. The molecule has 0 unspecified atom stereocenters. The van der Waals surface area contributed by atoms with Crippen molar-refractivity contribution in [3.8, 4) is 0 Å². The summed E-state index contributed by atoms with van der Waals surface area (Å²) in [5.41, 5.74) is 3.08. The van der Waals surface area contributed by atoms with Crippen LogP contribution in [0.5, 0.6) is 0 Å². The van der Waals surface area contributed by atoms with Crippen LogP contribution in [0.15, 0.2) is 60.7 Å². The predicted octanol–water partition coefficient (Wildman–Crippen LogP) is 5.56. The van der Waals surface area contributed by atoms with Gasteiger partial charge in [0.05, 0.1) is 0 Å². The van der Waals surface area contributed by atoms with Crippen molar-refractivity contribution in [1.29, 1.82) is 0 Å². The minimum absolute atomic E-state index is 0. The van der Waals surface area contributed by atoms with E-state index in [1.165, 1.54) is 71.4 Å². The molecule has 28 heavy (non-hydrogen) atoms. The largest absolute Gasteiger partial charge is 0.303 e. The van der Waals surface area contributed by atoms with Crippen LogP contribution in [0, 0.1) is 0 Å². The summed E-state index contributed by atoms with van der Waals surface area (Å²) in [7, 11) is 0. The molecule has 2 nitrogen and oxygen atoms in total. The van der Waals surface area contributed by atoms with Gasteiger partial charge >= 0.3 is 0 Å². The van der Waals surface area contributed by atoms with Gasteiger partial charge in [0.15, 0.2) is 0 Å². The summed E-state index contributed by atoms with van der Waals surface area (Å²) in [6.45, 7) is 7.65. The number of piperidine rings is 2. The van der Waals surface area contributed by atoms with Crippen LogP contribution in [0.3, 0.4) is 0 Å². The van der Waals surface area contributed by atoms with Gasteiger partial charge in [-0.15, -0.1) is 12.4 Å². The molecule has 0 radical (unpaired) electrons. The molecule has 152 valence electrons. The lowest BCUT2D eigenvalue weighted by atomic mass is 9.89. The molecular formula is C25H35ClN2. The van der Waals surface area contributed by atoms with Crippen LogP contribution in [0.4, 0.5) is 0 Å². The van der Waals surface area contributed by atoms with Crippen LogP contribution < -0.4 is 0 Å². The Morgan fingerprint density at radius 2 is 0.929 bits per heavy atom. The second-order valence-electron chi connectivity index (χ2n) is 8.41. The fourth-order valence-electron chi connectivity index (χ4n) is 4.95. The minimum atomic E-state index is 0. The summed E-state index contributed by atoms with van der Waals surface area (Å²) >= 11 is 0. The van der Waals surface area contributed by atoms with E-state index in [0.29, 0.717) is 0 Å². The first-order valence-corrected chi connectivity index (χ1v) is 10.9. The van der Waals surface area contributed by atoms with Gasteiger partial charge in [0.1, 0.15) is 0 Å². The van der Waals surface area contributed by atoms with Crippen LogP contribution in [0.1, 0.15) is 55.1 Å². The average Bonchev–Trinajstić information content (AvgIpc) is 2.76. The number of likely N-dealkylation sites (tertiary alicyclic amines) is 2. The van der Waals surface area contributed by atoms with Gasteiger partial charge in [0.2, 0.25) is 0 Å². The Labute approximate surface area is 177 Å². The topological polar surface area (TPSA) is 6.48 Å². The second-order valence-corrected chi connectivity index (χ2v) is 8.41. The molecule has 2 aliphatic heterocycles. The predicted molar refractivity (Wildman–Crippen MR) is 122 cm³/mol. The van der Waals surface area contributed by atoms with Gasteiger partial charge in [0.25, 0.3) is 0 Å². The fourth-order valence-corrected chi connectivity index (χ4v) is 4.95. The lowest BCUT2D eigenvalue weighted by Crippen LogP contribution is -2.37. The van der Waals surface area contributed by atoms with Crippen LogP contribution in [0.25, 0.3) is 0 Å². The van der Waals surface area contributed by atoms with Crippen LogP contribution in [-0.4, -0.2) is 49.1 Å². The summed E-state index contributed by atoms with van der Waals surface area (Å²) in [4.78, 5) is 5.38. The first-order valence-electron chi connectivity index (χ1n) is 10.9. The Bertz CT molecular complexity index is 600. The van der Waals surface area contributed by atoms with Gasteiger partial charge < -0.3 is 9.80 Å². The molecule has 0 bridgehead atoms. The van der Waals surface area contributed by atoms with E-state index in [9.17, 15) is 0 Å². The summed E-state index contributed by atoms with van der Waals surface area (Å²) < 4.78 is 0. The maximum absolute atomic E-state index is 2.69. The van der Waals surface area contributed by atoms with Crippen molar-refractivity contribution >= 4 is 12.4 Å². The first kappa shape index (κ1) is 21.4. The Hall–Kier alpha value is -1.35. The molecule has 2 aliphatic rings. The maximum atomic E-state index is 2.69. The summed E-state index contributed by atoms with van der Waals surface area (Å²) in [5, 5.41) is 0. The third-order valence-corrected chi connectivity index (χ3v) is 6.67. The van der Waals surface area contributed by atoms with E-state index < -0.39 is 0 Å². The Morgan fingerprint density at radius 3 is 1.29 bits per heavy atom. The maximum Gasteiger partial charge on any atom is -0.000654 e. The van der Waals surface area contributed by atoms with Gasteiger partial charge in [-0.3, -0.25) is 0 Å². The lowest BCUT2D eigenvalue weighted by molar-refractivity contribution is 0.175. The quantitative estimate of drug-likeness (QED) is 0.628. The highest BCUT2D eigenvalue weighted by Crippen LogP contribution is 2.29. The molecule has 2 saturated heterocycles. The highest BCUT2D eigenvalue weighted by molar-refractivity contribution is 5.85. The molecule has 0 aromatic heterocycles. The third kappa shape index (κ3) is 5.83. The monoisotopic (exact) mass is 398 g/mol. The Kier molecular flexibility index (Phi) is 8.39. The van der Waals surface area contributed by atoms with Crippen molar-refractivity contribution in [2.45, 2.75) is 43.9 Å². The average molecular weight is 399 g/mol. The molecule has 0 atom stereocenters. The molecule has 4 rings (SSSR count). The van der Waals surface area contributed by atoms with Crippen molar-refractivity contribution in [1.82, 2.24) is 9.80 Å². The van der Waals surface area contributed by atoms with E-state index in [2.05, 4.69) is 70.5 Å². The van der Waals surface area contributed by atoms with Gasteiger partial charge in [0, 0.05) is 0 Å². The number of benzene rings is 2. The zero-order valence-corrected chi connectivity index (χ0v) is 17.8. The Balaban J connectivity index is 0.00000225. The van der Waals surface area contributed by atoms with E-state index in [1.807, 2.05) is 0 Å². The number of hydrogen-bond acceptors (Lipinski definition) is 2. The lowest BCUT2D eigenvalue weighted by Gasteiger charge is -2.34. The molecule has 0 saturated carbocycles. The zero-order chi connectivity index (χ0) is 18.3. The highest BCUT2D eigenvalue weighted by atomic mass is 35.5. The van der Waals surface area contributed by atoms with E-state index >= 15 is 0 Å². The standard InChI is InChI=1S/C25H34N2.ClH/c1-3-8-22(9-4-1)24-12-18-26(19-13-24)16-7-17-27-20-14-25(15-21-27)23-10-5-2-6-11-23;/h1-6,8-11,24-25H,7,12-21H2;1H. The third-order valence-electron chi connectivity index (χ3n) is 6.67. The van der Waals surface area contributed by atoms with Crippen LogP contribution >= 0.6 is 12.4 Å². The molecule has 0 amide bonds. The van der Waals surface area contributed by atoms with Gasteiger partial charge in [-0.25, -0.2) is 0 Å². The molecule has 2 aromatic carbocycles. The number of rotatable bonds is 6.